The van der Waals surface area contributed by atoms with Crippen LogP contribution in [0.1, 0.15) is 11.1 Å². The van der Waals surface area contributed by atoms with E-state index < -0.39 is 35.8 Å². The highest BCUT2D eigenvalue weighted by atomic mass is 32.2. The van der Waals surface area contributed by atoms with Crippen LogP contribution in [0, 0.1) is 13.8 Å². The van der Waals surface area contributed by atoms with Crippen molar-refractivity contribution in [3.8, 4) is 5.75 Å². The summed E-state index contributed by atoms with van der Waals surface area (Å²) in [6.07, 6.45) is 0. The monoisotopic (exact) mass is 540 g/mol. The Kier molecular flexibility index (Phi) is 6.88. The van der Waals surface area contributed by atoms with Gasteiger partial charge in [-0.05, 0) is 72.8 Å². The van der Waals surface area contributed by atoms with Crippen molar-refractivity contribution in [2.45, 2.75) is 23.6 Å². The highest BCUT2D eigenvalue weighted by Gasteiger charge is 2.23. The fourth-order valence-electron chi connectivity index (χ4n) is 3.49. The lowest BCUT2D eigenvalue weighted by Gasteiger charge is -2.10. The second kappa shape index (κ2) is 9.78. The Hall–Kier alpha value is -4.04. The maximum atomic E-state index is 11.8. The number of benzene rings is 4. The number of azo groups is 2. The Morgan fingerprint density at radius 3 is 2.00 bits per heavy atom. The Morgan fingerprint density at radius 2 is 1.35 bits per heavy atom. The van der Waals surface area contributed by atoms with E-state index in [9.17, 15) is 31.0 Å². The molecule has 0 spiro atoms. The number of aryl methyl sites for hydroxylation is 2. The SMILES string of the molecule is Cc1ccccc1N=Nc1ccc(N=Nc2c(O)c(S(=O)(=O)O)cc3cc(S(=O)(=O)O)ccc23)c(C)c1. The molecule has 0 aliphatic rings. The molecule has 4 rings (SSSR count). The maximum absolute atomic E-state index is 11.8. The lowest BCUT2D eigenvalue weighted by Crippen LogP contribution is -2.00. The molecule has 0 atom stereocenters. The van der Waals surface area contributed by atoms with Crippen molar-refractivity contribution in [2.75, 3.05) is 0 Å². The lowest BCUT2D eigenvalue weighted by atomic mass is 10.1. The van der Waals surface area contributed by atoms with E-state index in [1.54, 1.807) is 25.1 Å². The molecule has 13 heteroatoms. The second-order valence-electron chi connectivity index (χ2n) is 8.06. The van der Waals surface area contributed by atoms with Crippen LogP contribution in [0.4, 0.5) is 22.7 Å². The third kappa shape index (κ3) is 5.70. The van der Waals surface area contributed by atoms with Crippen LogP contribution < -0.4 is 0 Å². The van der Waals surface area contributed by atoms with E-state index in [2.05, 4.69) is 20.5 Å². The number of rotatable bonds is 6. The fourth-order valence-corrected chi connectivity index (χ4v) is 4.63. The molecule has 11 nitrogen and oxygen atoms in total. The van der Waals surface area contributed by atoms with Gasteiger partial charge in [0.1, 0.15) is 10.6 Å². The molecule has 3 N–H and O–H groups in total. The first-order valence-corrected chi connectivity index (χ1v) is 13.5. The third-order valence-electron chi connectivity index (χ3n) is 5.42. The summed E-state index contributed by atoms with van der Waals surface area (Å²) >= 11 is 0. The molecule has 0 aliphatic carbocycles. The van der Waals surface area contributed by atoms with E-state index in [1.165, 1.54) is 6.07 Å². The summed E-state index contributed by atoms with van der Waals surface area (Å²) < 4.78 is 65.5. The molecule has 0 fully saturated rings. The minimum atomic E-state index is -4.91. The summed E-state index contributed by atoms with van der Waals surface area (Å²) in [6, 6.07) is 16.6. The van der Waals surface area contributed by atoms with Crippen LogP contribution in [0.3, 0.4) is 0 Å². The summed E-state index contributed by atoms with van der Waals surface area (Å²) in [5.41, 5.74) is 2.94. The zero-order valence-electron chi connectivity index (χ0n) is 19.4. The minimum absolute atomic E-state index is 0.0295. The van der Waals surface area contributed by atoms with Gasteiger partial charge in [0.25, 0.3) is 20.2 Å². The van der Waals surface area contributed by atoms with Gasteiger partial charge in [0.2, 0.25) is 0 Å². The molecule has 190 valence electrons. The first-order valence-electron chi connectivity index (χ1n) is 10.6. The zero-order chi connectivity index (χ0) is 27.0. The molecule has 0 saturated carbocycles. The molecule has 0 unspecified atom stereocenters. The molecule has 0 aromatic heterocycles. The van der Waals surface area contributed by atoms with Gasteiger partial charge in [-0.3, -0.25) is 9.11 Å². The quantitative estimate of drug-likeness (QED) is 0.185. The minimum Gasteiger partial charge on any atom is -0.504 e. The van der Waals surface area contributed by atoms with Crippen molar-refractivity contribution in [1.29, 1.82) is 0 Å². The number of fused-ring (bicyclic) bond motifs is 1. The average Bonchev–Trinajstić information content (AvgIpc) is 2.82. The molecule has 4 aromatic rings. The summed E-state index contributed by atoms with van der Waals surface area (Å²) in [4.78, 5) is -1.41. The first kappa shape index (κ1) is 26.0. The number of phenolic OH excluding ortho intramolecular Hbond substituents is 1. The van der Waals surface area contributed by atoms with Gasteiger partial charge in [-0.25, -0.2) is 0 Å². The largest absolute Gasteiger partial charge is 0.504 e. The lowest BCUT2D eigenvalue weighted by molar-refractivity contribution is 0.445. The van der Waals surface area contributed by atoms with Gasteiger partial charge >= 0.3 is 0 Å². The summed E-state index contributed by atoms with van der Waals surface area (Å²) in [7, 11) is -9.51. The van der Waals surface area contributed by atoms with E-state index in [-0.39, 0.29) is 16.5 Å². The Balaban J connectivity index is 1.76. The van der Waals surface area contributed by atoms with E-state index in [1.807, 2.05) is 31.2 Å². The molecule has 0 heterocycles. The van der Waals surface area contributed by atoms with Crippen LogP contribution in [0.2, 0.25) is 0 Å². The van der Waals surface area contributed by atoms with Gasteiger partial charge in [-0.2, -0.15) is 32.2 Å². The van der Waals surface area contributed by atoms with Crippen LogP contribution in [-0.2, 0) is 20.2 Å². The van der Waals surface area contributed by atoms with Gasteiger partial charge < -0.3 is 5.11 Å². The molecule has 0 bridgehead atoms. The van der Waals surface area contributed by atoms with E-state index in [0.29, 0.717) is 16.9 Å². The van der Waals surface area contributed by atoms with Crippen molar-refractivity contribution >= 4 is 53.8 Å². The van der Waals surface area contributed by atoms with Crippen LogP contribution in [0.25, 0.3) is 10.8 Å². The van der Waals surface area contributed by atoms with Crippen LogP contribution in [0.5, 0.6) is 5.75 Å². The van der Waals surface area contributed by atoms with Gasteiger partial charge in [0, 0.05) is 5.39 Å². The Morgan fingerprint density at radius 1 is 0.676 bits per heavy atom. The summed E-state index contributed by atoms with van der Waals surface area (Å²) in [5.74, 6) is -0.875. The van der Waals surface area contributed by atoms with Gasteiger partial charge in [-0.1, -0.05) is 24.3 Å². The molecule has 0 radical (unpaired) electrons. The van der Waals surface area contributed by atoms with E-state index >= 15 is 0 Å². The van der Waals surface area contributed by atoms with Crippen LogP contribution in [0.15, 0.2) is 97.0 Å². The molecule has 0 amide bonds. The highest BCUT2D eigenvalue weighted by molar-refractivity contribution is 7.86. The molecular formula is C24H20N4O7S2. The first-order chi connectivity index (χ1) is 17.3. The fraction of sp³-hybridized carbons (Fsp3) is 0.0833. The Bertz CT molecular complexity index is 1820. The summed E-state index contributed by atoms with van der Waals surface area (Å²) in [6.45, 7) is 3.66. The highest BCUT2D eigenvalue weighted by Crippen LogP contribution is 2.42. The molecule has 37 heavy (non-hydrogen) atoms. The molecule has 4 aromatic carbocycles. The summed E-state index contributed by atoms with van der Waals surface area (Å²) in [5, 5.41) is 27.2. The van der Waals surface area contributed by atoms with E-state index in [4.69, 9.17) is 0 Å². The van der Waals surface area contributed by atoms with Gasteiger partial charge in [0.15, 0.2) is 5.75 Å². The number of hydrogen-bond donors (Lipinski definition) is 3. The van der Waals surface area contributed by atoms with E-state index in [0.717, 1.165) is 29.4 Å². The smallest absolute Gasteiger partial charge is 0.298 e. The number of aromatic hydroxyl groups is 1. The van der Waals surface area contributed by atoms with Crippen molar-refractivity contribution in [1.82, 2.24) is 0 Å². The topological polar surface area (TPSA) is 178 Å². The predicted molar refractivity (Wildman–Crippen MR) is 136 cm³/mol. The standard InChI is InChI=1S/C24H20N4O7S2/c1-14-5-3-4-6-20(14)26-25-17-7-10-21(15(2)11-17)27-28-23-19-9-8-18(36(30,31)32)12-16(19)13-22(24(23)29)37(33,34)35/h3-13,29H,1-2H3,(H,30,31,32)(H,33,34,35). The number of nitrogens with zero attached hydrogens (tertiary/aromatic N) is 4. The van der Waals surface area contributed by atoms with Gasteiger partial charge in [0.05, 0.1) is 22.0 Å². The van der Waals surface area contributed by atoms with Crippen LogP contribution >= 0.6 is 0 Å². The van der Waals surface area contributed by atoms with Crippen molar-refractivity contribution in [3.05, 3.63) is 77.9 Å². The average molecular weight is 541 g/mol. The number of phenols is 1. The predicted octanol–water partition coefficient (Wildman–Crippen LogP) is 6.49. The molecular weight excluding hydrogens is 520 g/mol. The molecule has 0 saturated heterocycles. The van der Waals surface area contributed by atoms with Crippen molar-refractivity contribution < 1.29 is 31.0 Å². The van der Waals surface area contributed by atoms with Crippen molar-refractivity contribution in [3.63, 3.8) is 0 Å². The third-order valence-corrected chi connectivity index (χ3v) is 7.14. The van der Waals surface area contributed by atoms with Gasteiger partial charge in [-0.15, -0.1) is 5.11 Å². The Labute approximate surface area is 212 Å². The zero-order valence-corrected chi connectivity index (χ0v) is 21.1. The van der Waals surface area contributed by atoms with Crippen molar-refractivity contribution in [2.24, 2.45) is 20.5 Å². The normalized spacial score (nSPS) is 12.6. The maximum Gasteiger partial charge on any atom is 0.298 e. The van der Waals surface area contributed by atoms with Crippen LogP contribution in [-0.4, -0.2) is 31.0 Å². The second-order valence-corrected chi connectivity index (χ2v) is 10.9. The number of hydrogen-bond acceptors (Lipinski definition) is 9. The molecule has 0 aliphatic heterocycles.